The van der Waals surface area contributed by atoms with E-state index >= 15 is 0 Å². The number of aromatic carboxylic acids is 1. The van der Waals surface area contributed by atoms with Crippen molar-refractivity contribution in [1.29, 1.82) is 0 Å². The maximum atomic E-state index is 13.4. The number of fused-ring (bicyclic) bond motifs is 1. The van der Waals surface area contributed by atoms with E-state index in [2.05, 4.69) is 0 Å². The van der Waals surface area contributed by atoms with Crippen molar-refractivity contribution in [2.45, 2.75) is 0 Å². The lowest BCUT2D eigenvalue weighted by atomic mass is 10.0. The fourth-order valence-corrected chi connectivity index (χ4v) is 2.37. The van der Waals surface area contributed by atoms with Crippen LogP contribution in [0.1, 0.15) is 10.4 Å². The Morgan fingerprint density at radius 3 is 2.48 bits per heavy atom. The minimum Gasteiger partial charge on any atom is -0.477 e. The lowest BCUT2D eigenvalue weighted by Gasteiger charge is -2.08. The highest BCUT2D eigenvalue weighted by Crippen LogP contribution is 2.28. The third-order valence-electron chi connectivity index (χ3n) is 3.25. The van der Waals surface area contributed by atoms with Crippen LogP contribution in [0.3, 0.4) is 0 Å². The fourth-order valence-electron chi connectivity index (χ4n) is 2.20. The molecule has 7 heteroatoms. The van der Waals surface area contributed by atoms with Crippen molar-refractivity contribution in [2.75, 3.05) is 0 Å². The van der Waals surface area contributed by atoms with E-state index in [1.165, 1.54) is 18.2 Å². The predicted molar refractivity (Wildman–Crippen MR) is 79.8 cm³/mol. The number of carbonyl (C=O) groups is 1. The Hall–Kier alpha value is -2.73. The van der Waals surface area contributed by atoms with Crippen molar-refractivity contribution in [1.82, 2.24) is 0 Å². The molecule has 1 aromatic heterocycles. The first-order valence-electron chi connectivity index (χ1n) is 6.33. The predicted octanol–water partition coefficient (Wildman–Crippen LogP) is 4.09. The molecule has 0 fully saturated rings. The number of carboxylic acids is 1. The molecule has 4 nitrogen and oxygen atoms in total. The molecular formula is C16H7ClF2O4. The number of rotatable bonds is 2. The van der Waals surface area contributed by atoms with Crippen molar-refractivity contribution in [3.8, 4) is 11.3 Å². The molecule has 3 rings (SSSR count). The molecule has 0 aliphatic rings. The quantitative estimate of drug-likeness (QED) is 0.765. The minimum absolute atomic E-state index is 0.0127. The van der Waals surface area contributed by atoms with Gasteiger partial charge in [0.15, 0.2) is 23.0 Å². The monoisotopic (exact) mass is 336 g/mol. The van der Waals surface area contributed by atoms with Gasteiger partial charge in [-0.3, -0.25) is 4.79 Å². The summed E-state index contributed by atoms with van der Waals surface area (Å²) in [6.45, 7) is 0. The van der Waals surface area contributed by atoms with Crippen molar-refractivity contribution in [3.63, 3.8) is 0 Å². The molecule has 0 aliphatic carbocycles. The Labute approximate surface area is 132 Å². The molecule has 1 N–H and O–H groups in total. The summed E-state index contributed by atoms with van der Waals surface area (Å²) in [4.78, 5) is 23.8. The maximum absolute atomic E-state index is 13.4. The maximum Gasteiger partial charge on any atom is 0.343 e. The first kappa shape index (κ1) is 15.2. The first-order chi connectivity index (χ1) is 10.9. The molecule has 3 aromatic rings. The zero-order chi connectivity index (χ0) is 16.7. The number of hydrogen-bond acceptors (Lipinski definition) is 3. The van der Waals surface area contributed by atoms with Crippen LogP contribution in [0.4, 0.5) is 8.78 Å². The summed E-state index contributed by atoms with van der Waals surface area (Å²) in [7, 11) is 0. The molecule has 0 bridgehead atoms. The van der Waals surface area contributed by atoms with Crippen LogP contribution >= 0.6 is 11.6 Å². The molecule has 0 amide bonds. The average molecular weight is 337 g/mol. The lowest BCUT2D eigenvalue weighted by Crippen LogP contribution is -2.16. The molecule has 1 heterocycles. The Morgan fingerprint density at radius 2 is 1.83 bits per heavy atom. The van der Waals surface area contributed by atoms with Gasteiger partial charge in [-0.05, 0) is 36.4 Å². The van der Waals surface area contributed by atoms with Gasteiger partial charge in [0.2, 0.25) is 5.43 Å². The van der Waals surface area contributed by atoms with Gasteiger partial charge in [-0.1, -0.05) is 11.6 Å². The van der Waals surface area contributed by atoms with Gasteiger partial charge >= 0.3 is 5.97 Å². The fraction of sp³-hybridized carbons (Fsp3) is 0. The van der Waals surface area contributed by atoms with Gasteiger partial charge < -0.3 is 9.52 Å². The molecule has 0 saturated heterocycles. The van der Waals surface area contributed by atoms with E-state index in [1.54, 1.807) is 0 Å². The molecule has 2 aromatic carbocycles. The summed E-state index contributed by atoms with van der Waals surface area (Å²) in [6, 6.07) is 6.86. The number of carboxylic acid groups (broad SMARTS) is 1. The molecule has 0 saturated carbocycles. The standard InChI is InChI=1S/C16H7ClF2O4/c17-8-2-4-12-9(6-8)14(20)13(16(21)22)15(23-12)7-1-3-10(18)11(19)5-7/h1-6H,(H,21,22). The molecule has 0 aliphatic heterocycles. The van der Waals surface area contributed by atoms with Crippen LogP contribution in [0.15, 0.2) is 45.6 Å². The Bertz CT molecular complexity index is 1010. The molecule has 0 atom stereocenters. The van der Waals surface area contributed by atoms with E-state index in [4.69, 9.17) is 16.0 Å². The van der Waals surface area contributed by atoms with Crippen LogP contribution in [0.5, 0.6) is 0 Å². The van der Waals surface area contributed by atoms with Crippen LogP contribution < -0.4 is 5.43 Å². The van der Waals surface area contributed by atoms with Crippen LogP contribution in [0.25, 0.3) is 22.3 Å². The normalized spacial score (nSPS) is 10.9. The van der Waals surface area contributed by atoms with E-state index in [0.717, 1.165) is 18.2 Å². The summed E-state index contributed by atoms with van der Waals surface area (Å²) < 4.78 is 31.9. The highest BCUT2D eigenvalue weighted by molar-refractivity contribution is 6.31. The zero-order valence-electron chi connectivity index (χ0n) is 11.3. The highest BCUT2D eigenvalue weighted by Gasteiger charge is 2.22. The molecule has 23 heavy (non-hydrogen) atoms. The third-order valence-corrected chi connectivity index (χ3v) is 3.48. The second-order valence-corrected chi connectivity index (χ2v) is 5.15. The van der Waals surface area contributed by atoms with Gasteiger partial charge in [0.1, 0.15) is 5.58 Å². The Balaban J connectivity index is 2.42. The number of hydrogen-bond donors (Lipinski definition) is 1. The molecule has 0 unspecified atom stereocenters. The second kappa shape index (κ2) is 5.48. The summed E-state index contributed by atoms with van der Waals surface area (Å²) in [5.74, 6) is -4.17. The van der Waals surface area contributed by atoms with Crippen molar-refractivity contribution in [2.24, 2.45) is 0 Å². The highest BCUT2D eigenvalue weighted by atomic mass is 35.5. The van der Waals surface area contributed by atoms with Crippen LogP contribution in [0.2, 0.25) is 5.02 Å². The largest absolute Gasteiger partial charge is 0.477 e. The second-order valence-electron chi connectivity index (χ2n) is 4.71. The van der Waals surface area contributed by atoms with E-state index in [-0.39, 0.29) is 27.3 Å². The van der Waals surface area contributed by atoms with E-state index in [0.29, 0.717) is 0 Å². The summed E-state index contributed by atoms with van der Waals surface area (Å²) in [6.07, 6.45) is 0. The molecule has 116 valence electrons. The van der Waals surface area contributed by atoms with Gasteiger partial charge in [0.25, 0.3) is 0 Å². The van der Waals surface area contributed by atoms with E-state index < -0.39 is 28.6 Å². The van der Waals surface area contributed by atoms with Gasteiger partial charge in [-0.15, -0.1) is 0 Å². The average Bonchev–Trinajstić information content (AvgIpc) is 2.50. The minimum atomic E-state index is -1.54. The van der Waals surface area contributed by atoms with Gasteiger partial charge in [0, 0.05) is 10.6 Å². The lowest BCUT2D eigenvalue weighted by molar-refractivity contribution is 0.0694. The van der Waals surface area contributed by atoms with Crippen molar-refractivity contribution in [3.05, 3.63) is 68.8 Å². The smallest absolute Gasteiger partial charge is 0.343 e. The molecular weight excluding hydrogens is 330 g/mol. The first-order valence-corrected chi connectivity index (χ1v) is 6.71. The van der Waals surface area contributed by atoms with Gasteiger partial charge in [-0.25, -0.2) is 13.6 Å². The summed E-state index contributed by atoms with van der Waals surface area (Å²) in [5, 5.41) is 9.52. The van der Waals surface area contributed by atoms with Crippen LogP contribution in [0, 0.1) is 11.6 Å². The Morgan fingerprint density at radius 1 is 1.09 bits per heavy atom. The number of benzene rings is 2. The van der Waals surface area contributed by atoms with Crippen LogP contribution in [-0.4, -0.2) is 11.1 Å². The van der Waals surface area contributed by atoms with Crippen molar-refractivity contribution < 1.29 is 23.1 Å². The van der Waals surface area contributed by atoms with E-state index in [1.807, 2.05) is 0 Å². The zero-order valence-corrected chi connectivity index (χ0v) is 12.0. The van der Waals surface area contributed by atoms with Crippen molar-refractivity contribution >= 4 is 28.5 Å². The van der Waals surface area contributed by atoms with Gasteiger partial charge in [-0.2, -0.15) is 0 Å². The molecule has 0 radical (unpaired) electrons. The number of halogens is 3. The van der Waals surface area contributed by atoms with Crippen LogP contribution in [-0.2, 0) is 0 Å². The SMILES string of the molecule is O=C(O)c1c(-c2ccc(F)c(F)c2)oc2ccc(Cl)cc2c1=O. The summed E-state index contributed by atoms with van der Waals surface area (Å²) in [5.41, 5.74) is -1.47. The molecule has 0 spiro atoms. The topological polar surface area (TPSA) is 67.5 Å². The van der Waals surface area contributed by atoms with E-state index in [9.17, 15) is 23.5 Å². The third kappa shape index (κ3) is 2.57. The summed E-state index contributed by atoms with van der Waals surface area (Å²) >= 11 is 5.80. The Kier molecular flexibility index (Phi) is 3.61. The van der Waals surface area contributed by atoms with Gasteiger partial charge in [0.05, 0.1) is 5.39 Å².